The van der Waals surface area contributed by atoms with Gasteiger partial charge in [-0.1, -0.05) is 0 Å². The van der Waals surface area contributed by atoms with Gasteiger partial charge in [-0.2, -0.15) is 0 Å². The van der Waals surface area contributed by atoms with Crippen molar-refractivity contribution in [3.05, 3.63) is 11.8 Å². The number of carbonyl (C=O) groups excluding carboxylic acids is 3. The predicted molar refractivity (Wildman–Crippen MR) is 49.0 cm³/mol. The van der Waals surface area contributed by atoms with Gasteiger partial charge in [0.25, 0.3) is 0 Å². The third kappa shape index (κ3) is 6.25. The molecule has 0 aliphatic heterocycles. The molecule has 6 heteroatoms. The summed E-state index contributed by atoms with van der Waals surface area (Å²) < 4.78 is 8.48. The molecular formula is C9H12O6. The SMILES string of the molecule is COC(=O)/C=C(\O)CC(=O)CC(=O)OC. The lowest BCUT2D eigenvalue weighted by Crippen LogP contribution is -2.10. The van der Waals surface area contributed by atoms with E-state index in [2.05, 4.69) is 9.47 Å². The first-order chi connectivity index (χ1) is 6.99. The number of ether oxygens (including phenoxy) is 2. The Bertz CT molecular complexity index is 291. The van der Waals surface area contributed by atoms with Crippen LogP contribution in [0.4, 0.5) is 0 Å². The quantitative estimate of drug-likeness (QED) is 0.304. The summed E-state index contributed by atoms with van der Waals surface area (Å²) in [6.45, 7) is 0. The normalized spacial score (nSPS) is 10.7. The number of methoxy groups -OCH3 is 2. The molecular weight excluding hydrogens is 204 g/mol. The molecule has 0 aliphatic carbocycles. The van der Waals surface area contributed by atoms with Gasteiger partial charge in [0.15, 0.2) is 5.78 Å². The molecule has 0 spiro atoms. The van der Waals surface area contributed by atoms with Crippen molar-refractivity contribution >= 4 is 17.7 Å². The fourth-order valence-corrected chi connectivity index (χ4v) is 0.744. The number of esters is 2. The number of rotatable bonds is 5. The summed E-state index contributed by atoms with van der Waals surface area (Å²) in [7, 11) is 2.29. The number of Topliss-reactive ketones (excluding diaryl/α,β-unsaturated/α-hetero) is 1. The Morgan fingerprint density at radius 1 is 1.13 bits per heavy atom. The molecule has 0 atom stereocenters. The Balaban J connectivity index is 4.12. The van der Waals surface area contributed by atoms with E-state index in [9.17, 15) is 14.4 Å². The van der Waals surface area contributed by atoms with Crippen LogP contribution >= 0.6 is 0 Å². The predicted octanol–water partition coefficient (Wildman–Crippen LogP) is 0.124. The second-order valence-corrected chi connectivity index (χ2v) is 2.63. The van der Waals surface area contributed by atoms with E-state index < -0.39 is 36.3 Å². The molecule has 6 nitrogen and oxygen atoms in total. The van der Waals surface area contributed by atoms with E-state index in [1.807, 2.05) is 0 Å². The maximum atomic E-state index is 11.0. The van der Waals surface area contributed by atoms with Crippen molar-refractivity contribution in [3.63, 3.8) is 0 Å². The van der Waals surface area contributed by atoms with Gasteiger partial charge in [-0.15, -0.1) is 0 Å². The molecule has 0 aromatic heterocycles. The van der Waals surface area contributed by atoms with Gasteiger partial charge in [-0.05, 0) is 0 Å². The van der Waals surface area contributed by atoms with Crippen LogP contribution in [-0.2, 0) is 23.9 Å². The minimum Gasteiger partial charge on any atom is -0.512 e. The molecule has 0 rings (SSSR count). The van der Waals surface area contributed by atoms with Gasteiger partial charge < -0.3 is 14.6 Å². The molecule has 1 N–H and O–H groups in total. The van der Waals surface area contributed by atoms with Crippen LogP contribution in [-0.4, -0.2) is 37.0 Å². The van der Waals surface area contributed by atoms with Crippen LogP contribution in [0.3, 0.4) is 0 Å². The van der Waals surface area contributed by atoms with Crippen LogP contribution in [0.1, 0.15) is 12.8 Å². The van der Waals surface area contributed by atoms with Gasteiger partial charge in [-0.3, -0.25) is 9.59 Å². The van der Waals surface area contributed by atoms with E-state index in [1.165, 1.54) is 0 Å². The molecule has 0 saturated heterocycles. The van der Waals surface area contributed by atoms with Gasteiger partial charge in [0, 0.05) is 0 Å². The van der Waals surface area contributed by atoms with Gasteiger partial charge in [0.2, 0.25) is 0 Å². The van der Waals surface area contributed by atoms with Crippen molar-refractivity contribution in [3.8, 4) is 0 Å². The number of carbonyl (C=O) groups is 3. The highest BCUT2D eigenvalue weighted by molar-refractivity contribution is 5.96. The average molecular weight is 216 g/mol. The van der Waals surface area contributed by atoms with Crippen LogP contribution in [0.25, 0.3) is 0 Å². The first-order valence-electron chi connectivity index (χ1n) is 4.05. The van der Waals surface area contributed by atoms with Crippen molar-refractivity contribution in [2.75, 3.05) is 14.2 Å². The van der Waals surface area contributed by atoms with Crippen molar-refractivity contribution in [1.29, 1.82) is 0 Å². The largest absolute Gasteiger partial charge is 0.512 e. The van der Waals surface area contributed by atoms with Crippen LogP contribution in [0, 0.1) is 0 Å². The van der Waals surface area contributed by atoms with E-state index in [0.717, 1.165) is 20.3 Å². The molecule has 0 bridgehead atoms. The van der Waals surface area contributed by atoms with Gasteiger partial charge in [0.1, 0.15) is 12.2 Å². The number of aliphatic hydroxyl groups is 1. The highest BCUT2D eigenvalue weighted by Crippen LogP contribution is 2.01. The average Bonchev–Trinajstić information content (AvgIpc) is 2.16. The van der Waals surface area contributed by atoms with Crippen molar-refractivity contribution in [2.45, 2.75) is 12.8 Å². The van der Waals surface area contributed by atoms with E-state index in [1.54, 1.807) is 0 Å². The molecule has 15 heavy (non-hydrogen) atoms. The zero-order valence-electron chi connectivity index (χ0n) is 8.48. The summed E-state index contributed by atoms with van der Waals surface area (Å²) in [6.07, 6.45) is -0.0606. The molecule has 0 aromatic rings. The third-order valence-corrected chi connectivity index (χ3v) is 1.43. The number of hydrogen-bond acceptors (Lipinski definition) is 6. The Hall–Kier alpha value is -1.85. The fraction of sp³-hybridized carbons (Fsp3) is 0.444. The molecule has 0 unspecified atom stereocenters. The van der Waals surface area contributed by atoms with Gasteiger partial charge in [0.05, 0.1) is 26.7 Å². The second kappa shape index (κ2) is 6.58. The minimum atomic E-state index is -0.765. The zero-order chi connectivity index (χ0) is 11.8. The Morgan fingerprint density at radius 3 is 2.20 bits per heavy atom. The molecule has 0 amide bonds. The van der Waals surface area contributed by atoms with Crippen molar-refractivity contribution in [2.24, 2.45) is 0 Å². The van der Waals surface area contributed by atoms with Gasteiger partial charge >= 0.3 is 11.9 Å². The number of allylic oxidation sites excluding steroid dienone is 1. The van der Waals surface area contributed by atoms with Crippen LogP contribution in [0.2, 0.25) is 0 Å². The maximum Gasteiger partial charge on any atom is 0.333 e. The number of aliphatic hydroxyl groups excluding tert-OH is 1. The van der Waals surface area contributed by atoms with Crippen LogP contribution in [0.5, 0.6) is 0 Å². The lowest BCUT2D eigenvalue weighted by Gasteiger charge is -1.99. The van der Waals surface area contributed by atoms with Crippen LogP contribution < -0.4 is 0 Å². The molecule has 0 heterocycles. The van der Waals surface area contributed by atoms with E-state index in [-0.39, 0.29) is 0 Å². The zero-order valence-corrected chi connectivity index (χ0v) is 8.48. The summed E-state index contributed by atoms with van der Waals surface area (Å²) in [5.41, 5.74) is 0. The van der Waals surface area contributed by atoms with E-state index >= 15 is 0 Å². The highest BCUT2D eigenvalue weighted by Gasteiger charge is 2.12. The summed E-state index contributed by atoms with van der Waals surface area (Å²) in [5.74, 6) is -2.44. The standard InChI is InChI=1S/C9H12O6/c1-14-8(12)4-6(10)3-7(11)5-9(13)15-2/h4,10H,3,5H2,1-2H3/b6-4-. The summed E-state index contributed by atoms with van der Waals surface area (Å²) in [5, 5.41) is 9.09. The molecule has 0 aliphatic rings. The van der Waals surface area contributed by atoms with Crippen molar-refractivity contribution in [1.82, 2.24) is 0 Å². The van der Waals surface area contributed by atoms with E-state index in [4.69, 9.17) is 5.11 Å². The lowest BCUT2D eigenvalue weighted by molar-refractivity contribution is -0.143. The molecule has 0 fully saturated rings. The topological polar surface area (TPSA) is 89.9 Å². The Kier molecular flexibility index (Phi) is 5.77. The maximum absolute atomic E-state index is 11.0. The Labute approximate surface area is 86.5 Å². The van der Waals surface area contributed by atoms with E-state index in [0.29, 0.717) is 0 Å². The highest BCUT2D eigenvalue weighted by atomic mass is 16.5. The monoisotopic (exact) mass is 216 g/mol. The first-order valence-corrected chi connectivity index (χ1v) is 4.05. The lowest BCUT2D eigenvalue weighted by atomic mass is 10.2. The summed E-state index contributed by atoms with van der Waals surface area (Å²) in [4.78, 5) is 32.3. The number of hydrogen-bond donors (Lipinski definition) is 1. The third-order valence-electron chi connectivity index (χ3n) is 1.43. The smallest absolute Gasteiger partial charge is 0.333 e. The second-order valence-electron chi connectivity index (χ2n) is 2.63. The number of ketones is 1. The molecule has 0 aromatic carbocycles. The summed E-state index contributed by atoms with van der Waals surface area (Å²) in [6, 6.07) is 0. The molecule has 0 saturated carbocycles. The van der Waals surface area contributed by atoms with Crippen LogP contribution in [0.15, 0.2) is 11.8 Å². The molecule has 84 valence electrons. The first kappa shape index (κ1) is 13.2. The summed E-state index contributed by atoms with van der Waals surface area (Å²) >= 11 is 0. The van der Waals surface area contributed by atoms with Crippen molar-refractivity contribution < 1.29 is 29.0 Å². The van der Waals surface area contributed by atoms with Gasteiger partial charge in [-0.25, -0.2) is 4.79 Å². The minimum absolute atomic E-state index is 0.399. The Morgan fingerprint density at radius 2 is 1.73 bits per heavy atom. The molecule has 0 radical (unpaired) electrons. The fourth-order valence-electron chi connectivity index (χ4n) is 0.744.